The summed E-state index contributed by atoms with van der Waals surface area (Å²) < 4.78 is 10.4. The fourth-order valence-electron chi connectivity index (χ4n) is 1.89. The van der Waals surface area contributed by atoms with Crippen LogP contribution in [0.5, 0.6) is 0 Å². The van der Waals surface area contributed by atoms with Crippen molar-refractivity contribution in [2.24, 2.45) is 5.92 Å². The quantitative estimate of drug-likeness (QED) is 0.836. The number of hydrogen-bond acceptors (Lipinski definition) is 4. The molecule has 2 heterocycles. The van der Waals surface area contributed by atoms with E-state index < -0.39 is 12.1 Å². The second kappa shape index (κ2) is 5.22. The zero-order valence-electron chi connectivity index (χ0n) is 10.0. The number of carboxylic acid groups (broad SMARTS) is 1. The smallest absolute Gasteiger partial charge is 0.371 e. The van der Waals surface area contributed by atoms with Gasteiger partial charge in [-0.25, -0.2) is 4.79 Å². The number of aromatic carboxylic acids is 1. The van der Waals surface area contributed by atoms with Crippen molar-refractivity contribution < 1.29 is 23.8 Å². The molecule has 0 radical (unpaired) electrons. The van der Waals surface area contributed by atoms with Gasteiger partial charge < -0.3 is 19.6 Å². The Kier molecular flexibility index (Phi) is 3.66. The minimum absolute atomic E-state index is 0.135. The topological polar surface area (TPSA) is 88.8 Å². The van der Waals surface area contributed by atoms with Crippen LogP contribution < -0.4 is 5.32 Å². The molecule has 1 aromatic heterocycles. The van der Waals surface area contributed by atoms with Crippen molar-refractivity contribution in [3.05, 3.63) is 23.7 Å². The van der Waals surface area contributed by atoms with Crippen LogP contribution in [0.1, 0.15) is 29.7 Å². The van der Waals surface area contributed by atoms with Crippen LogP contribution in [-0.4, -0.2) is 29.7 Å². The first-order valence-corrected chi connectivity index (χ1v) is 5.79. The van der Waals surface area contributed by atoms with Gasteiger partial charge in [0.2, 0.25) is 11.7 Å². The molecule has 0 aliphatic carbocycles. The summed E-state index contributed by atoms with van der Waals surface area (Å²) in [4.78, 5) is 22.4. The largest absolute Gasteiger partial charge is 0.475 e. The van der Waals surface area contributed by atoms with E-state index in [2.05, 4.69) is 5.32 Å². The molecule has 18 heavy (non-hydrogen) atoms. The number of carbonyl (C=O) groups excluding carboxylic acids is 1. The van der Waals surface area contributed by atoms with Gasteiger partial charge in [0.05, 0.1) is 6.54 Å². The minimum Gasteiger partial charge on any atom is -0.475 e. The van der Waals surface area contributed by atoms with Crippen molar-refractivity contribution >= 4 is 11.9 Å². The molecule has 1 aliphatic heterocycles. The summed E-state index contributed by atoms with van der Waals surface area (Å²) in [6, 6.07) is 2.89. The second-order valence-electron chi connectivity index (χ2n) is 4.35. The number of rotatable bonds is 4. The Hall–Kier alpha value is -1.82. The molecule has 2 atom stereocenters. The zero-order chi connectivity index (χ0) is 13.1. The molecule has 1 fully saturated rings. The van der Waals surface area contributed by atoms with Gasteiger partial charge in [0.25, 0.3) is 0 Å². The van der Waals surface area contributed by atoms with Gasteiger partial charge in [-0.3, -0.25) is 4.79 Å². The van der Waals surface area contributed by atoms with E-state index in [4.69, 9.17) is 14.3 Å². The first-order valence-electron chi connectivity index (χ1n) is 5.79. The summed E-state index contributed by atoms with van der Waals surface area (Å²) in [5.74, 6) is -0.832. The maximum atomic E-state index is 11.8. The molecule has 1 aromatic rings. The number of furan rings is 1. The standard InChI is InChI=1S/C12H15NO5/c1-7-4-5-17-10(7)11(14)13-6-8-2-3-9(18-8)12(15)16/h2-3,7,10H,4-6H2,1H3,(H,13,14)(H,15,16). The lowest BCUT2D eigenvalue weighted by Crippen LogP contribution is -2.36. The summed E-state index contributed by atoms with van der Waals surface area (Å²) in [6.07, 6.45) is 0.459. The van der Waals surface area contributed by atoms with Gasteiger partial charge in [0.1, 0.15) is 11.9 Å². The highest BCUT2D eigenvalue weighted by Crippen LogP contribution is 2.20. The van der Waals surface area contributed by atoms with E-state index in [1.54, 1.807) is 0 Å². The summed E-state index contributed by atoms with van der Waals surface area (Å²) in [5.41, 5.74) is 0. The van der Waals surface area contributed by atoms with Gasteiger partial charge in [-0.05, 0) is 24.5 Å². The SMILES string of the molecule is CC1CCOC1C(=O)NCc1ccc(C(=O)O)o1. The van der Waals surface area contributed by atoms with Crippen LogP contribution in [0.3, 0.4) is 0 Å². The Bertz CT molecular complexity index is 453. The monoisotopic (exact) mass is 253 g/mol. The molecular formula is C12H15NO5. The van der Waals surface area contributed by atoms with Crippen molar-refractivity contribution in [3.63, 3.8) is 0 Å². The Morgan fingerprint density at radius 1 is 1.50 bits per heavy atom. The maximum Gasteiger partial charge on any atom is 0.371 e. The second-order valence-corrected chi connectivity index (χ2v) is 4.35. The molecule has 1 aliphatic rings. The molecule has 2 unspecified atom stereocenters. The average molecular weight is 253 g/mol. The number of carboxylic acids is 1. The van der Waals surface area contributed by atoms with Gasteiger partial charge in [-0.15, -0.1) is 0 Å². The van der Waals surface area contributed by atoms with Crippen LogP contribution >= 0.6 is 0 Å². The number of hydrogen-bond donors (Lipinski definition) is 2. The average Bonchev–Trinajstić information content (AvgIpc) is 2.94. The Balaban J connectivity index is 1.87. The number of carbonyl (C=O) groups is 2. The number of ether oxygens (including phenoxy) is 1. The third-order valence-corrected chi connectivity index (χ3v) is 2.96. The highest BCUT2D eigenvalue weighted by atomic mass is 16.5. The van der Waals surface area contributed by atoms with Gasteiger partial charge >= 0.3 is 5.97 Å². The molecule has 1 saturated heterocycles. The summed E-state index contributed by atoms with van der Waals surface area (Å²) >= 11 is 0. The van der Waals surface area contributed by atoms with Crippen LogP contribution in [0.25, 0.3) is 0 Å². The summed E-state index contributed by atoms with van der Waals surface area (Å²) in [6.45, 7) is 2.73. The molecule has 0 aromatic carbocycles. The third-order valence-electron chi connectivity index (χ3n) is 2.96. The minimum atomic E-state index is -1.12. The summed E-state index contributed by atoms with van der Waals surface area (Å²) in [5, 5.41) is 11.4. The van der Waals surface area contributed by atoms with Crippen LogP contribution in [0, 0.1) is 5.92 Å². The van der Waals surface area contributed by atoms with Gasteiger partial charge in [0, 0.05) is 6.61 Å². The zero-order valence-corrected chi connectivity index (χ0v) is 10.0. The van der Waals surface area contributed by atoms with Crippen LogP contribution in [0.4, 0.5) is 0 Å². The third kappa shape index (κ3) is 2.70. The van der Waals surface area contributed by atoms with Crippen LogP contribution in [-0.2, 0) is 16.1 Å². The highest BCUT2D eigenvalue weighted by molar-refractivity contribution is 5.84. The van der Waals surface area contributed by atoms with E-state index >= 15 is 0 Å². The van der Waals surface area contributed by atoms with Crippen molar-refractivity contribution in [1.29, 1.82) is 0 Å². The lowest BCUT2D eigenvalue weighted by Gasteiger charge is -2.13. The Morgan fingerprint density at radius 3 is 2.83 bits per heavy atom. The molecule has 0 saturated carbocycles. The van der Waals surface area contributed by atoms with Crippen molar-refractivity contribution in [2.45, 2.75) is 26.0 Å². The van der Waals surface area contributed by atoms with Gasteiger partial charge in [-0.2, -0.15) is 0 Å². The molecule has 1 amide bonds. The van der Waals surface area contributed by atoms with Gasteiger partial charge in [-0.1, -0.05) is 6.92 Å². The molecule has 6 nitrogen and oxygen atoms in total. The lowest BCUT2D eigenvalue weighted by molar-refractivity contribution is -0.131. The van der Waals surface area contributed by atoms with E-state index in [-0.39, 0.29) is 24.1 Å². The van der Waals surface area contributed by atoms with E-state index in [0.29, 0.717) is 12.4 Å². The predicted octanol–water partition coefficient (Wildman–Crippen LogP) is 1.02. The Labute approximate surface area is 104 Å². The number of nitrogens with one attached hydrogen (secondary N) is 1. The van der Waals surface area contributed by atoms with Crippen molar-refractivity contribution in [1.82, 2.24) is 5.32 Å². The number of amides is 1. The molecule has 6 heteroatoms. The lowest BCUT2D eigenvalue weighted by atomic mass is 10.0. The fraction of sp³-hybridized carbons (Fsp3) is 0.500. The van der Waals surface area contributed by atoms with E-state index in [9.17, 15) is 9.59 Å². The summed E-state index contributed by atoms with van der Waals surface area (Å²) in [7, 11) is 0. The molecule has 2 N–H and O–H groups in total. The van der Waals surface area contributed by atoms with E-state index in [1.165, 1.54) is 12.1 Å². The molecule has 98 valence electrons. The fourth-order valence-corrected chi connectivity index (χ4v) is 1.89. The van der Waals surface area contributed by atoms with Crippen molar-refractivity contribution in [3.8, 4) is 0 Å². The van der Waals surface area contributed by atoms with E-state index in [1.807, 2.05) is 6.92 Å². The van der Waals surface area contributed by atoms with Crippen molar-refractivity contribution in [2.75, 3.05) is 6.61 Å². The van der Waals surface area contributed by atoms with Gasteiger partial charge in [0.15, 0.2) is 0 Å². The van der Waals surface area contributed by atoms with Crippen LogP contribution in [0.2, 0.25) is 0 Å². The predicted molar refractivity (Wildman–Crippen MR) is 61.0 cm³/mol. The van der Waals surface area contributed by atoms with E-state index in [0.717, 1.165) is 6.42 Å². The first kappa shape index (κ1) is 12.6. The highest BCUT2D eigenvalue weighted by Gasteiger charge is 2.30. The normalized spacial score (nSPS) is 22.9. The molecular weight excluding hydrogens is 238 g/mol. The molecule has 2 rings (SSSR count). The molecule has 0 spiro atoms. The van der Waals surface area contributed by atoms with Crippen LogP contribution in [0.15, 0.2) is 16.5 Å². The molecule has 0 bridgehead atoms. The Morgan fingerprint density at radius 2 is 2.28 bits per heavy atom. The maximum absolute atomic E-state index is 11.8. The first-order chi connectivity index (χ1) is 8.58.